The molecule has 1 fully saturated rings. The summed E-state index contributed by atoms with van der Waals surface area (Å²) in [5.41, 5.74) is 12.9. The van der Waals surface area contributed by atoms with Gasteiger partial charge >= 0.3 is 6.03 Å². The first-order valence-corrected chi connectivity index (χ1v) is 11.8. The molecule has 0 unspecified atom stereocenters. The zero-order chi connectivity index (χ0) is 26.6. The number of rotatable bonds is 3. The van der Waals surface area contributed by atoms with Crippen molar-refractivity contribution in [2.45, 2.75) is 25.7 Å². The summed E-state index contributed by atoms with van der Waals surface area (Å²) in [6.07, 6.45) is 5.19. The number of halogens is 1. The van der Waals surface area contributed by atoms with E-state index < -0.39 is 12.0 Å². The van der Waals surface area contributed by atoms with Gasteiger partial charge in [-0.25, -0.2) is 14.8 Å². The van der Waals surface area contributed by atoms with E-state index in [0.717, 1.165) is 43.1 Å². The summed E-state index contributed by atoms with van der Waals surface area (Å²) in [5.74, 6) is 7.20. The highest BCUT2D eigenvalue weighted by molar-refractivity contribution is 5.95. The Balaban J connectivity index is 0.000000214. The lowest BCUT2D eigenvalue weighted by molar-refractivity contribution is -0.118. The van der Waals surface area contributed by atoms with Crippen molar-refractivity contribution >= 4 is 23.8 Å². The van der Waals surface area contributed by atoms with Crippen molar-refractivity contribution in [2.24, 2.45) is 22.4 Å². The maximum Gasteiger partial charge on any atom is 0.338 e. The lowest BCUT2D eigenvalue weighted by Crippen LogP contribution is -2.25. The Kier molecular flexibility index (Phi) is 10.2. The molecule has 3 heterocycles. The van der Waals surface area contributed by atoms with Crippen LogP contribution in [0, 0.1) is 23.7 Å². The number of hydrogen-bond donors (Lipinski definition) is 2. The van der Waals surface area contributed by atoms with Crippen molar-refractivity contribution in [1.29, 1.82) is 0 Å². The van der Waals surface area contributed by atoms with Crippen molar-refractivity contribution in [3.8, 4) is 17.6 Å². The van der Waals surface area contributed by atoms with Crippen LogP contribution in [0.25, 0.3) is 0 Å². The van der Waals surface area contributed by atoms with Gasteiger partial charge in [-0.3, -0.25) is 4.79 Å². The molecule has 37 heavy (non-hydrogen) atoms. The van der Waals surface area contributed by atoms with Crippen LogP contribution in [-0.4, -0.2) is 50.0 Å². The third-order valence-corrected chi connectivity index (χ3v) is 5.64. The zero-order valence-electron chi connectivity index (χ0n) is 20.7. The Morgan fingerprint density at radius 2 is 2.05 bits per heavy atom. The van der Waals surface area contributed by atoms with E-state index in [1.54, 1.807) is 18.0 Å². The van der Waals surface area contributed by atoms with Gasteiger partial charge in [-0.2, -0.15) is 4.39 Å². The standard InChI is InChI=1S/C17H19NO3.C10H11FN4O/c1-18-15-12-14(3-2-13-6-9-20-10-7-13)4-5-16(15)21-11-8-17(18)19;11-9-3-1-2-8(15-9)4-7(5-12)6-14-10(13)16/h4-5,12-13H,6-11H2,1H3;1-3,5-6H,4,12H2,(H2,13,16)/b;7-5-,14-6+. The summed E-state index contributed by atoms with van der Waals surface area (Å²) < 4.78 is 23.7. The van der Waals surface area contributed by atoms with Crippen LogP contribution in [0.5, 0.6) is 5.75 Å². The van der Waals surface area contributed by atoms with Crippen LogP contribution in [0.1, 0.15) is 30.5 Å². The highest BCUT2D eigenvalue weighted by Crippen LogP contribution is 2.31. The molecule has 2 aliphatic rings. The first-order valence-electron chi connectivity index (χ1n) is 11.8. The highest BCUT2D eigenvalue weighted by atomic mass is 19.1. The quantitative estimate of drug-likeness (QED) is 0.373. The first-order chi connectivity index (χ1) is 17.9. The van der Waals surface area contributed by atoms with Crippen molar-refractivity contribution in [1.82, 2.24) is 4.98 Å². The fraction of sp³-hybridized carbons (Fsp3) is 0.333. The predicted molar refractivity (Wildman–Crippen MR) is 139 cm³/mol. The van der Waals surface area contributed by atoms with Crippen LogP contribution < -0.4 is 21.1 Å². The number of carbonyl (C=O) groups is 2. The van der Waals surface area contributed by atoms with Gasteiger partial charge in [0, 0.05) is 50.1 Å². The van der Waals surface area contributed by atoms with Crippen LogP contribution in [0.2, 0.25) is 0 Å². The summed E-state index contributed by atoms with van der Waals surface area (Å²) in [6, 6.07) is 9.40. The third-order valence-electron chi connectivity index (χ3n) is 5.64. The number of fused-ring (bicyclic) bond motifs is 1. The predicted octanol–water partition coefficient (Wildman–Crippen LogP) is 2.97. The van der Waals surface area contributed by atoms with E-state index in [0.29, 0.717) is 30.2 Å². The molecule has 3 amide bonds. The number of nitrogens with zero attached hydrogens (tertiary/aromatic N) is 3. The van der Waals surface area contributed by atoms with Crippen molar-refractivity contribution in [2.75, 3.05) is 31.8 Å². The Labute approximate surface area is 215 Å². The van der Waals surface area contributed by atoms with E-state index in [2.05, 4.69) is 21.8 Å². The molecule has 10 heteroatoms. The molecule has 2 aromatic rings. The minimum absolute atomic E-state index is 0.0725. The number of aliphatic imine (C=N–C) groups is 1. The van der Waals surface area contributed by atoms with Gasteiger partial charge in [0.1, 0.15) is 5.75 Å². The second-order valence-electron chi connectivity index (χ2n) is 8.36. The molecule has 4 N–H and O–H groups in total. The normalized spacial score (nSPS) is 16.0. The van der Waals surface area contributed by atoms with Crippen LogP contribution in [0.4, 0.5) is 14.9 Å². The number of nitrogens with two attached hydrogens (primary N) is 2. The van der Waals surface area contributed by atoms with Crippen molar-refractivity contribution in [3.63, 3.8) is 0 Å². The minimum atomic E-state index is -0.813. The summed E-state index contributed by atoms with van der Waals surface area (Å²) in [5, 5.41) is 0. The van der Waals surface area contributed by atoms with Gasteiger partial charge in [0.05, 0.1) is 18.7 Å². The summed E-state index contributed by atoms with van der Waals surface area (Å²) >= 11 is 0. The van der Waals surface area contributed by atoms with E-state index in [-0.39, 0.29) is 12.3 Å². The second kappa shape index (κ2) is 13.8. The van der Waals surface area contributed by atoms with Crippen LogP contribution in [0.15, 0.2) is 53.2 Å². The fourth-order valence-electron chi connectivity index (χ4n) is 3.61. The molecule has 0 saturated carbocycles. The second-order valence-corrected chi connectivity index (χ2v) is 8.36. The minimum Gasteiger partial charge on any atom is -0.491 e. The molecule has 9 nitrogen and oxygen atoms in total. The average Bonchev–Trinajstić information content (AvgIpc) is 3.04. The lowest BCUT2D eigenvalue weighted by Gasteiger charge is -2.17. The number of primary amides is 1. The molecule has 2 aliphatic heterocycles. The van der Waals surface area contributed by atoms with Gasteiger partial charge in [0.2, 0.25) is 11.9 Å². The van der Waals surface area contributed by atoms with Crippen LogP contribution in [-0.2, 0) is 16.0 Å². The van der Waals surface area contributed by atoms with Gasteiger partial charge < -0.3 is 25.8 Å². The number of allylic oxidation sites excluding steroid dienone is 1. The van der Waals surface area contributed by atoms with Gasteiger partial charge in [0.15, 0.2) is 0 Å². The molecule has 194 valence electrons. The molecule has 0 bridgehead atoms. The smallest absolute Gasteiger partial charge is 0.338 e. The molecule has 1 aromatic carbocycles. The number of anilines is 1. The maximum atomic E-state index is 12.8. The van der Waals surface area contributed by atoms with Gasteiger partial charge in [0.25, 0.3) is 0 Å². The number of aromatic nitrogens is 1. The Morgan fingerprint density at radius 3 is 2.76 bits per heavy atom. The van der Waals surface area contributed by atoms with Gasteiger partial charge in [-0.1, -0.05) is 17.9 Å². The van der Waals surface area contributed by atoms with Crippen molar-refractivity contribution in [3.05, 3.63) is 65.4 Å². The summed E-state index contributed by atoms with van der Waals surface area (Å²) in [7, 11) is 1.78. The molecular formula is C27H30FN5O4. The number of carbonyl (C=O) groups excluding carboxylic acids is 2. The van der Waals surface area contributed by atoms with E-state index in [1.165, 1.54) is 24.5 Å². The van der Waals surface area contributed by atoms with E-state index >= 15 is 0 Å². The average molecular weight is 508 g/mol. The van der Waals surface area contributed by atoms with E-state index in [4.69, 9.17) is 20.9 Å². The fourth-order valence-corrected chi connectivity index (χ4v) is 3.61. The SMILES string of the molecule is CN1C(=O)CCOc2ccc(C#CC3CCOCC3)cc21.N/C=C(\C=N\C(N)=O)Cc1cccc(F)n1. The van der Waals surface area contributed by atoms with Gasteiger partial charge in [-0.15, -0.1) is 0 Å². The first kappa shape index (κ1) is 27.4. The highest BCUT2D eigenvalue weighted by Gasteiger charge is 2.20. The zero-order valence-corrected chi connectivity index (χ0v) is 20.7. The number of hydrogen-bond acceptors (Lipinski definition) is 6. The number of ether oxygens (including phenoxy) is 2. The molecular weight excluding hydrogens is 477 g/mol. The summed E-state index contributed by atoms with van der Waals surface area (Å²) in [4.78, 5) is 31.0. The third kappa shape index (κ3) is 8.74. The molecule has 4 rings (SSSR count). The Bertz CT molecular complexity index is 1230. The van der Waals surface area contributed by atoms with Crippen LogP contribution in [0.3, 0.4) is 0 Å². The van der Waals surface area contributed by atoms with Crippen LogP contribution >= 0.6 is 0 Å². The lowest BCUT2D eigenvalue weighted by atomic mass is 10.0. The monoisotopic (exact) mass is 507 g/mol. The molecule has 0 spiro atoms. The van der Waals surface area contributed by atoms with E-state index in [9.17, 15) is 14.0 Å². The molecule has 0 radical (unpaired) electrons. The van der Waals surface area contributed by atoms with E-state index in [1.807, 2.05) is 18.2 Å². The topological polar surface area (TPSA) is 133 Å². The Morgan fingerprint density at radius 1 is 1.27 bits per heavy atom. The maximum absolute atomic E-state index is 12.8. The number of urea groups is 1. The summed E-state index contributed by atoms with van der Waals surface area (Å²) in [6.45, 7) is 2.03. The number of amides is 3. The number of benzene rings is 1. The molecule has 0 atom stereocenters. The van der Waals surface area contributed by atoms with Gasteiger partial charge in [-0.05, 0) is 54.9 Å². The largest absolute Gasteiger partial charge is 0.491 e. The number of pyridine rings is 1. The molecule has 1 saturated heterocycles. The molecule has 1 aromatic heterocycles. The van der Waals surface area contributed by atoms with Crippen molar-refractivity contribution < 1.29 is 23.5 Å². The molecule has 0 aliphatic carbocycles. The Hall–Kier alpha value is -4.23.